The number of halogens is 3. The quantitative estimate of drug-likeness (QED) is 0.301. The van der Waals surface area contributed by atoms with Crippen molar-refractivity contribution >= 4 is 71.5 Å². The molecule has 2 amide bonds. The van der Waals surface area contributed by atoms with Gasteiger partial charge in [0.25, 0.3) is 0 Å². The number of fused-ring (bicyclic) bond motifs is 1. The molecule has 11 heteroatoms. The first-order valence-electron chi connectivity index (χ1n) is 12.6. The van der Waals surface area contributed by atoms with Gasteiger partial charge in [0.15, 0.2) is 0 Å². The molecule has 2 heterocycles. The second kappa shape index (κ2) is 15.6. The predicted octanol–water partition coefficient (Wildman–Crippen LogP) is 6.44. The average molecular weight is 606 g/mol. The SMILES string of the molecule is C=O.C=O.O=C1NCc2c(-c3ccccc3Cl)cc(NCCCN3CCOCC3)cc2N1c1c(Cl)cccc1Cl. The summed E-state index contributed by atoms with van der Waals surface area (Å²) in [4.78, 5) is 33.1. The molecule has 0 aliphatic carbocycles. The van der Waals surface area contributed by atoms with Crippen LogP contribution >= 0.6 is 34.8 Å². The third-order valence-corrected chi connectivity index (χ3v) is 7.44. The molecular weight excluding hydrogens is 575 g/mol. The van der Waals surface area contributed by atoms with E-state index in [4.69, 9.17) is 49.1 Å². The van der Waals surface area contributed by atoms with E-state index in [1.165, 1.54) is 0 Å². The van der Waals surface area contributed by atoms with E-state index < -0.39 is 0 Å². The highest BCUT2D eigenvalue weighted by Gasteiger charge is 2.31. The lowest BCUT2D eigenvalue weighted by atomic mass is 9.95. The maximum Gasteiger partial charge on any atom is 0.326 e. The maximum absolute atomic E-state index is 13.2. The lowest BCUT2D eigenvalue weighted by Crippen LogP contribution is -2.41. The van der Waals surface area contributed by atoms with E-state index in [9.17, 15) is 4.79 Å². The fourth-order valence-electron chi connectivity index (χ4n) is 4.70. The summed E-state index contributed by atoms with van der Waals surface area (Å²) in [6, 6.07) is 16.7. The van der Waals surface area contributed by atoms with Crippen molar-refractivity contribution in [3.8, 4) is 11.1 Å². The molecule has 212 valence electrons. The molecule has 0 bridgehead atoms. The number of nitrogens with one attached hydrogen (secondary N) is 2. The number of nitrogens with zero attached hydrogens (tertiary/aromatic N) is 2. The topological polar surface area (TPSA) is 91.0 Å². The number of anilines is 3. The number of hydrogen-bond donors (Lipinski definition) is 2. The summed E-state index contributed by atoms with van der Waals surface area (Å²) in [5, 5.41) is 7.96. The number of hydrogen-bond acceptors (Lipinski definition) is 6. The highest BCUT2D eigenvalue weighted by atomic mass is 35.5. The first kappa shape index (κ1) is 31.4. The molecule has 0 saturated carbocycles. The highest BCUT2D eigenvalue weighted by Crippen LogP contribution is 2.45. The van der Waals surface area contributed by atoms with Crippen LogP contribution in [0.2, 0.25) is 15.1 Å². The summed E-state index contributed by atoms with van der Waals surface area (Å²) in [6.07, 6.45) is 0.985. The number of morpholine rings is 1. The summed E-state index contributed by atoms with van der Waals surface area (Å²) < 4.78 is 5.44. The lowest BCUT2D eigenvalue weighted by Gasteiger charge is -2.33. The molecule has 0 aromatic heterocycles. The van der Waals surface area contributed by atoms with Gasteiger partial charge in [0.2, 0.25) is 0 Å². The molecule has 0 unspecified atom stereocenters. The van der Waals surface area contributed by atoms with Crippen molar-refractivity contribution in [1.82, 2.24) is 10.2 Å². The van der Waals surface area contributed by atoms with Gasteiger partial charge in [-0.05, 0) is 48.9 Å². The van der Waals surface area contributed by atoms with Crippen LogP contribution in [-0.2, 0) is 20.9 Å². The molecule has 2 aliphatic heterocycles. The normalized spacial score (nSPS) is 14.6. The second-order valence-corrected chi connectivity index (χ2v) is 10.0. The number of rotatable bonds is 7. The van der Waals surface area contributed by atoms with Crippen molar-refractivity contribution in [2.75, 3.05) is 49.6 Å². The van der Waals surface area contributed by atoms with Gasteiger partial charge in [-0.3, -0.25) is 9.80 Å². The molecule has 0 spiro atoms. The number of urea groups is 1. The summed E-state index contributed by atoms with van der Waals surface area (Å²) >= 11 is 19.7. The average Bonchev–Trinajstić information content (AvgIpc) is 2.99. The zero-order valence-corrected chi connectivity index (χ0v) is 24.2. The van der Waals surface area contributed by atoms with Gasteiger partial charge >= 0.3 is 6.03 Å². The fraction of sp³-hybridized carbons (Fsp3) is 0.276. The van der Waals surface area contributed by atoms with E-state index in [2.05, 4.69) is 21.6 Å². The van der Waals surface area contributed by atoms with Crippen LogP contribution in [-0.4, -0.2) is 63.9 Å². The molecule has 40 heavy (non-hydrogen) atoms. The molecule has 1 fully saturated rings. The van der Waals surface area contributed by atoms with Crippen LogP contribution < -0.4 is 15.5 Å². The van der Waals surface area contributed by atoms with Gasteiger partial charge in [-0.2, -0.15) is 0 Å². The third kappa shape index (κ3) is 7.33. The Balaban J connectivity index is 0.00000106. The van der Waals surface area contributed by atoms with E-state index >= 15 is 0 Å². The Hall–Kier alpha value is -3.14. The van der Waals surface area contributed by atoms with E-state index in [0.29, 0.717) is 27.3 Å². The van der Waals surface area contributed by atoms with Crippen molar-refractivity contribution < 1.29 is 19.1 Å². The number of ether oxygens (including phenoxy) is 1. The van der Waals surface area contributed by atoms with Gasteiger partial charge in [-0.1, -0.05) is 59.1 Å². The van der Waals surface area contributed by atoms with Crippen LogP contribution in [0.1, 0.15) is 12.0 Å². The van der Waals surface area contributed by atoms with Gasteiger partial charge < -0.3 is 25.0 Å². The second-order valence-electron chi connectivity index (χ2n) is 8.80. The Morgan fingerprint density at radius 2 is 1.52 bits per heavy atom. The van der Waals surface area contributed by atoms with E-state index in [-0.39, 0.29) is 6.03 Å². The Bertz CT molecular complexity index is 1280. The molecule has 5 rings (SSSR count). The summed E-state index contributed by atoms with van der Waals surface area (Å²) in [5.74, 6) is 0. The van der Waals surface area contributed by atoms with E-state index in [1.807, 2.05) is 43.9 Å². The number of para-hydroxylation sites is 1. The van der Waals surface area contributed by atoms with Gasteiger partial charge in [0.05, 0.1) is 34.6 Å². The van der Waals surface area contributed by atoms with Crippen molar-refractivity contribution in [2.45, 2.75) is 13.0 Å². The maximum atomic E-state index is 13.2. The first-order valence-corrected chi connectivity index (χ1v) is 13.7. The number of benzene rings is 3. The zero-order valence-electron chi connectivity index (χ0n) is 21.9. The molecule has 3 aromatic rings. The summed E-state index contributed by atoms with van der Waals surface area (Å²) in [6.45, 7) is 9.68. The van der Waals surface area contributed by atoms with Crippen molar-refractivity contribution in [3.05, 3.63) is 75.2 Å². The number of amides is 2. The van der Waals surface area contributed by atoms with Crippen LogP contribution in [0, 0.1) is 0 Å². The molecule has 3 aromatic carbocycles. The Morgan fingerprint density at radius 1 is 0.875 bits per heavy atom. The first-order chi connectivity index (χ1) is 19.5. The van der Waals surface area contributed by atoms with Crippen LogP contribution in [0.15, 0.2) is 54.6 Å². The number of carbonyl (C=O) groups excluding carboxylic acids is 3. The van der Waals surface area contributed by atoms with Gasteiger partial charge in [-0.15, -0.1) is 0 Å². The molecular formula is C29H31Cl3N4O4. The summed E-state index contributed by atoms with van der Waals surface area (Å²) in [7, 11) is 0. The minimum Gasteiger partial charge on any atom is -0.385 e. The van der Waals surface area contributed by atoms with Crippen molar-refractivity contribution in [3.63, 3.8) is 0 Å². The minimum absolute atomic E-state index is 0.285. The summed E-state index contributed by atoms with van der Waals surface area (Å²) in [5.41, 5.74) is 4.86. The highest BCUT2D eigenvalue weighted by molar-refractivity contribution is 6.40. The molecule has 1 saturated heterocycles. The predicted molar refractivity (Wildman–Crippen MR) is 162 cm³/mol. The van der Waals surface area contributed by atoms with Crippen molar-refractivity contribution in [2.24, 2.45) is 0 Å². The van der Waals surface area contributed by atoms with E-state index in [0.717, 1.165) is 73.9 Å². The van der Waals surface area contributed by atoms with Crippen LogP contribution in [0.4, 0.5) is 21.9 Å². The van der Waals surface area contributed by atoms with Gasteiger partial charge in [0, 0.05) is 48.0 Å². The van der Waals surface area contributed by atoms with Gasteiger partial charge in [-0.25, -0.2) is 4.79 Å². The molecule has 0 atom stereocenters. The lowest BCUT2D eigenvalue weighted by molar-refractivity contribution is -0.0987. The minimum atomic E-state index is -0.285. The molecule has 2 aliphatic rings. The molecule has 2 N–H and O–H groups in total. The standard InChI is InChI=1S/C27H27Cl3N4O2.2CH2O/c28-22-6-2-1-5-19(22)20-15-18(31-9-4-10-33-11-13-36-14-12-33)16-25-21(20)17-32-27(35)34(25)26-23(29)7-3-8-24(26)30;2*1-2/h1-3,5-8,15-16,31H,4,9-14,17H2,(H,32,35);2*1H2. The largest absolute Gasteiger partial charge is 0.385 e. The van der Waals surface area contributed by atoms with Crippen molar-refractivity contribution in [1.29, 1.82) is 0 Å². The fourth-order valence-corrected chi connectivity index (χ4v) is 5.51. The number of carbonyl (C=O) groups is 3. The van der Waals surface area contributed by atoms with Crippen LogP contribution in [0.3, 0.4) is 0 Å². The Labute approximate surface area is 249 Å². The Morgan fingerprint density at radius 3 is 2.20 bits per heavy atom. The monoisotopic (exact) mass is 604 g/mol. The Kier molecular flexibility index (Phi) is 12.2. The van der Waals surface area contributed by atoms with E-state index in [1.54, 1.807) is 23.1 Å². The smallest absolute Gasteiger partial charge is 0.326 e. The zero-order chi connectivity index (χ0) is 29.1. The van der Waals surface area contributed by atoms with Crippen LogP contribution in [0.25, 0.3) is 11.1 Å². The van der Waals surface area contributed by atoms with Gasteiger partial charge in [0.1, 0.15) is 13.6 Å². The third-order valence-electron chi connectivity index (χ3n) is 6.50. The van der Waals surface area contributed by atoms with Crippen LogP contribution in [0.5, 0.6) is 0 Å². The molecule has 0 radical (unpaired) electrons. The molecule has 8 nitrogen and oxygen atoms in total.